The van der Waals surface area contributed by atoms with Crippen molar-refractivity contribution >= 4 is 10.9 Å². The zero-order valence-electron chi connectivity index (χ0n) is 13.0. The van der Waals surface area contributed by atoms with Crippen LogP contribution in [0.25, 0.3) is 10.9 Å². The molecule has 0 fully saturated rings. The largest absolute Gasteiger partial charge is 0.493 e. The van der Waals surface area contributed by atoms with Gasteiger partial charge in [-0.1, -0.05) is 18.2 Å². The van der Waals surface area contributed by atoms with E-state index < -0.39 is 0 Å². The first kappa shape index (κ1) is 14.3. The van der Waals surface area contributed by atoms with E-state index in [1.54, 1.807) is 21.3 Å². The number of benzene rings is 2. The van der Waals surface area contributed by atoms with E-state index in [-0.39, 0.29) is 0 Å². The molecule has 0 unspecified atom stereocenters. The molecule has 0 saturated heterocycles. The van der Waals surface area contributed by atoms with Crippen LogP contribution in [0.2, 0.25) is 0 Å². The Hall–Kier alpha value is -2.62. The molecule has 3 rings (SSSR count). The zero-order valence-corrected chi connectivity index (χ0v) is 13.0. The third-order valence-electron chi connectivity index (χ3n) is 3.70. The molecule has 1 aromatic heterocycles. The number of ether oxygens (including phenoxy) is 3. The number of aromatic amines is 1. The van der Waals surface area contributed by atoms with Crippen molar-refractivity contribution in [2.75, 3.05) is 21.3 Å². The number of hydrogen-bond acceptors (Lipinski definition) is 3. The SMILES string of the molecule is COc1cc(Cc2cc3ccccc3[nH]2)cc(OC)c1OC. The van der Waals surface area contributed by atoms with Crippen LogP contribution in [0, 0.1) is 0 Å². The highest BCUT2D eigenvalue weighted by molar-refractivity contribution is 5.80. The average Bonchev–Trinajstić information content (AvgIpc) is 2.95. The molecule has 0 spiro atoms. The fraction of sp³-hybridized carbons (Fsp3) is 0.222. The second-order valence-corrected chi connectivity index (χ2v) is 5.09. The summed E-state index contributed by atoms with van der Waals surface area (Å²) < 4.78 is 16.2. The molecule has 2 aromatic carbocycles. The maximum atomic E-state index is 5.40. The molecule has 0 saturated carbocycles. The van der Waals surface area contributed by atoms with E-state index in [0.717, 1.165) is 23.2 Å². The summed E-state index contributed by atoms with van der Waals surface area (Å²) in [7, 11) is 4.87. The molecule has 0 aliphatic carbocycles. The van der Waals surface area contributed by atoms with Crippen LogP contribution in [0.1, 0.15) is 11.3 Å². The van der Waals surface area contributed by atoms with Crippen molar-refractivity contribution in [3.8, 4) is 17.2 Å². The van der Waals surface area contributed by atoms with Gasteiger partial charge in [-0.3, -0.25) is 0 Å². The van der Waals surface area contributed by atoms with Gasteiger partial charge >= 0.3 is 0 Å². The molecule has 0 radical (unpaired) electrons. The second kappa shape index (κ2) is 6.02. The van der Waals surface area contributed by atoms with Crippen LogP contribution in [0.3, 0.4) is 0 Å². The molecule has 0 atom stereocenters. The third kappa shape index (κ3) is 2.60. The van der Waals surface area contributed by atoms with Gasteiger partial charge in [0.25, 0.3) is 0 Å². The summed E-state index contributed by atoms with van der Waals surface area (Å²) in [5.74, 6) is 1.96. The van der Waals surface area contributed by atoms with Crippen LogP contribution in [0.4, 0.5) is 0 Å². The first-order chi connectivity index (χ1) is 10.7. The van der Waals surface area contributed by atoms with E-state index in [1.807, 2.05) is 24.3 Å². The summed E-state index contributed by atoms with van der Waals surface area (Å²) in [6.07, 6.45) is 0.769. The topological polar surface area (TPSA) is 43.5 Å². The van der Waals surface area contributed by atoms with Gasteiger partial charge in [-0.15, -0.1) is 0 Å². The summed E-state index contributed by atoms with van der Waals surface area (Å²) in [4.78, 5) is 3.43. The zero-order chi connectivity index (χ0) is 15.5. The number of aromatic nitrogens is 1. The van der Waals surface area contributed by atoms with Crippen molar-refractivity contribution in [2.24, 2.45) is 0 Å². The summed E-state index contributed by atoms with van der Waals surface area (Å²) in [6.45, 7) is 0. The summed E-state index contributed by atoms with van der Waals surface area (Å²) in [5.41, 5.74) is 3.39. The predicted octanol–water partition coefficient (Wildman–Crippen LogP) is 3.78. The van der Waals surface area contributed by atoms with Crippen LogP contribution < -0.4 is 14.2 Å². The molecule has 4 heteroatoms. The molecule has 22 heavy (non-hydrogen) atoms. The van der Waals surface area contributed by atoms with Gasteiger partial charge in [-0.05, 0) is 35.2 Å². The summed E-state index contributed by atoms with van der Waals surface area (Å²) in [5, 5.41) is 1.21. The Morgan fingerprint density at radius 3 is 2.14 bits per heavy atom. The van der Waals surface area contributed by atoms with Gasteiger partial charge in [0, 0.05) is 17.6 Å². The third-order valence-corrected chi connectivity index (χ3v) is 3.70. The molecule has 3 aromatic rings. The van der Waals surface area contributed by atoms with E-state index in [2.05, 4.69) is 23.2 Å². The number of para-hydroxylation sites is 1. The maximum absolute atomic E-state index is 5.40. The smallest absolute Gasteiger partial charge is 0.203 e. The van der Waals surface area contributed by atoms with Gasteiger partial charge in [0.15, 0.2) is 11.5 Å². The molecule has 1 heterocycles. The van der Waals surface area contributed by atoms with Crippen molar-refractivity contribution in [3.63, 3.8) is 0 Å². The van der Waals surface area contributed by atoms with Crippen molar-refractivity contribution in [3.05, 3.63) is 53.7 Å². The van der Waals surface area contributed by atoms with Gasteiger partial charge in [0.2, 0.25) is 5.75 Å². The van der Waals surface area contributed by atoms with E-state index in [4.69, 9.17) is 14.2 Å². The van der Waals surface area contributed by atoms with Crippen molar-refractivity contribution in [2.45, 2.75) is 6.42 Å². The van der Waals surface area contributed by atoms with Crippen molar-refractivity contribution in [1.82, 2.24) is 4.98 Å². The minimum Gasteiger partial charge on any atom is -0.493 e. The Morgan fingerprint density at radius 1 is 0.864 bits per heavy atom. The van der Waals surface area contributed by atoms with Crippen LogP contribution in [0.5, 0.6) is 17.2 Å². The maximum Gasteiger partial charge on any atom is 0.203 e. The Balaban J connectivity index is 1.97. The lowest BCUT2D eigenvalue weighted by atomic mass is 10.1. The number of hydrogen-bond donors (Lipinski definition) is 1. The van der Waals surface area contributed by atoms with Crippen molar-refractivity contribution < 1.29 is 14.2 Å². The monoisotopic (exact) mass is 297 g/mol. The minimum atomic E-state index is 0.616. The Bertz CT molecular complexity index is 734. The van der Waals surface area contributed by atoms with Crippen molar-refractivity contribution in [1.29, 1.82) is 0 Å². The molecular weight excluding hydrogens is 278 g/mol. The molecular formula is C18H19NO3. The molecule has 0 amide bonds. The van der Waals surface area contributed by atoms with Crippen LogP contribution in [0.15, 0.2) is 42.5 Å². The highest BCUT2D eigenvalue weighted by Gasteiger charge is 2.13. The number of rotatable bonds is 5. The molecule has 114 valence electrons. The van der Waals surface area contributed by atoms with Gasteiger partial charge in [-0.2, -0.15) is 0 Å². The standard InChI is InChI=1S/C18H19NO3/c1-20-16-9-12(10-17(21-2)18(16)22-3)8-14-11-13-6-4-5-7-15(13)19-14/h4-7,9-11,19H,8H2,1-3H3. The van der Waals surface area contributed by atoms with E-state index in [1.165, 1.54) is 5.39 Å². The lowest BCUT2D eigenvalue weighted by Gasteiger charge is -2.13. The first-order valence-corrected chi connectivity index (χ1v) is 7.10. The number of H-pyrrole nitrogens is 1. The first-order valence-electron chi connectivity index (χ1n) is 7.10. The molecule has 4 nitrogen and oxygen atoms in total. The van der Waals surface area contributed by atoms with Gasteiger partial charge < -0.3 is 19.2 Å². The number of fused-ring (bicyclic) bond motifs is 1. The quantitative estimate of drug-likeness (QED) is 0.779. The highest BCUT2D eigenvalue weighted by atomic mass is 16.5. The van der Waals surface area contributed by atoms with E-state index >= 15 is 0 Å². The van der Waals surface area contributed by atoms with Crippen LogP contribution in [-0.2, 0) is 6.42 Å². The molecule has 0 bridgehead atoms. The van der Waals surface area contributed by atoms with E-state index in [0.29, 0.717) is 17.2 Å². The Labute approximate surface area is 129 Å². The number of methoxy groups -OCH3 is 3. The summed E-state index contributed by atoms with van der Waals surface area (Å²) in [6, 6.07) is 14.4. The molecule has 0 aliphatic rings. The number of nitrogens with one attached hydrogen (secondary N) is 1. The second-order valence-electron chi connectivity index (χ2n) is 5.09. The van der Waals surface area contributed by atoms with E-state index in [9.17, 15) is 0 Å². The average molecular weight is 297 g/mol. The Kier molecular flexibility index (Phi) is 3.92. The lowest BCUT2D eigenvalue weighted by Crippen LogP contribution is -1.97. The molecule has 1 N–H and O–H groups in total. The molecule has 0 aliphatic heterocycles. The lowest BCUT2D eigenvalue weighted by molar-refractivity contribution is 0.324. The highest BCUT2D eigenvalue weighted by Crippen LogP contribution is 2.38. The van der Waals surface area contributed by atoms with Crippen LogP contribution >= 0.6 is 0 Å². The Morgan fingerprint density at radius 2 is 1.55 bits per heavy atom. The minimum absolute atomic E-state index is 0.616. The fourth-order valence-electron chi connectivity index (χ4n) is 2.69. The van der Waals surface area contributed by atoms with Crippen LogP contribution in [-0.4, -0.2) is 26.3 Å². The van der Waals surface area contributed by atoms with Gasteiger partial charge in [0.05, 0.1) is 21.3 Å². The predicted molar refractivity (Wildman–Crippen MR) is 87.2 cm³/mol. The normalized spacial score (nSPS) is 10.7. The van der Waals surface area contributed by atoms with Gasteiger partial charge in [-0.25, -0.2) is 0 Å². The van der Waals surface area contributed by atoms with Gasteiger partial charge in [0.1, 0.15) is 0 Å². The fourth-order valence-corrected chi connectivity index (χ4v) is 2.69. The summed E-state index contributed by atoms with van der Waals surface area (Å²) >= 11 is 0.